The van der Waals surface area contributed by atoms with Crippen LogP contribution in [0.4, 0.5) is 0 Å². The molecule has 1 aliphatic carbocycles. The van der Waals surface area contributed by atoms with Gasteiger partial charge in [0.15, 0.2) is 0 Å². The van der Waals surface area contributed by atoms with Crippen molar-refractivity contribution in [2.75, 3.05) is 6.61 Å². The third kappa shape index (κ3) is 3.93. The standard InChI is InChI=1S/C13H15ClO3/c14-11-5-3-9(4-6-13(15)16)7-12(11)17-8-10-1-2-10/h3,5,7,10H,1-2,4,6,8H2,(H,15,16). The smallest absolute Gasteiger partial charge is 0.303 e. The van der Waals surface area contributed by atoms with Crippen LogP contribution in [0.1, 0.15) is 24.8 Å². The summed E-state index contributed by atoms with van der Waals surface area (Å²) in [4.78, 5) is 10.5. The molecule has 0 atom stereocenters. The molecule has 0 aromatic heterocycles. The Morgan fingerprint density at radius 1 is 1.47 bits per heavy atom. The van der Waals surface area contributed by atoms with Crippen molar-refractivity contribution >= 4 is 17.6 Å². The lowest BCUT2D eigenvalue weighted by Crippen LogP contribution is -2.01. The number of rotatable bonds is 6. The van der Waals surface area contributed by atoms with Gasteiger partial charge in [-0.2, -0.15) is 0 Å². The Morgan fingerprint density at radius 3 is 2.88 bits per heavy atom. The van der Waals surface area contributed by atoms with Gasteiger partial charge >= 0.3 is 5.97 Å². The zero-order valence-electron chi connectivity index (χ0n) is 9.49. The zero-order chi connectivity index (χ0) is 12.3. The van der Waals surface area contributed by atoms with Gasteiger partial charge in [-0.25, -0.2) is 0 Å². The van der Waals surface area contributed by atoms with Crippen LogP contribution >= 0.6 is 11.6 Å². The summed E-state index contributed by atoms with van der Waals surface area (Å²) in [6, 6.07) is 5.45. The summed E-state index contributed by atoms with van der Waals surface area (Å²) >= 11 is 6.02. The molecule has 1 fully saturated rings. The van der Waals surface area contributed by atoms with E-state index in [4.69, 9.17) is 21.4 Å². The average Bonchev–Trinajstić information content (AvgIpc) is 3.10. The lowest BCUT2D eigenvalue weighted by atomic mass is 10.1. The van der Waals surface area contributed by atoms with Crippen molar-refractivity contribution in [3.63, 3.8) is 0 Å². The van der Waals surface area contributed by atoms with Crippen LogP contribution in [0.5, 0.6) is 5.75 Å². The van der Waals surface area contributed by atoms with E-state index in [9.17, 15) is 4.79 Å². The van der Waals surface area contributed by atoms with Gasteiger partial charge in [-0.05, 0) is 42.9 Å². The van der Waals surface area contributed by atoms with Gasteiger partial charge in [0.05, 0.1) is 11.6 Å². The second kappa shape index (κ2) is 5.41. The van der Waals surface area contributed by atoms with Gasteiger partial charge < -0.3 is 9.84 Å². The molecule has 17 heavy (non-hydrogen) atoms. The largest absolute Gasteiger partial charge is 0.492 e. The van der Waals surface area contributed by atoms with Crippen LogP contribution in [-0.2, 0) is 11.2 Å². The van der Waals surface area contributed by atoms with E-state index >= 15 is 0 Å². The molecule has 3 nitrogen and oxygen atoms in total. The Kier molecular flexibility index (Phi) is 3.89. The van der Waals surface area contributed by atoms with Gasteiger partial charge in [0, 0.05) is 6.42 Å². The summed E-state index contributed by atoms with van der Waals surface area (Å²) < 4.78 is 5.63. The molecule has 92 valence electrons. The molecule has 0 aliphatic heterocycles. The van der Waals surface area contributed by atoms with E-state index in [1.165, 1.54) is 12.8 Å². The lowest BCUT2D eigenvalue weighted by Gasteiger charge is -2.09. The maximum atomic E-state index is 10.5. The van der Waals surface area contributed by atoms with Crippen LogP contribution in [0, 0.1) is 5.92 Å². The summed E-state index contributed by atoms with van der Waals surface area (Å²) in [6.45, 7) is 0.710. The van der Waals surface area contributed by atoms with E-state index in [0.29, 0.717) is 29.7 Å². The molecule has 1 aromatic carbocycles. The summed E-state index contributed by atoms with van der Waals surface area (Å²) in [7, 11) is 0. The van der Waals surface area contributed by atoms with Gasteiger partial charge in [-0.1, -0.05) is 17.7 Å². The third-order valence-corrected chi connectivity index (χ3v) is 3.11. The van der Waals surface area contributed by atoms with Crippen molar-refractivity contribution in [2.24, 2.45) is 5.92 Å². The minimum absolute atomic E-state index is 0.129. The molecule has 0 bridgehead atoms. The first-order valence-electron chi connectivity index (χ1n) is 5.78. The molecule has 1 aromatic rings. The summed E-state index contributed by atoms with van der Waals surface area (Å²) in [5, 5.41) is 9.21. The van der Waals surface area contributed by atoms with Gasteiger partial charge in [0.2, 0.25) is 0 Å². The summed E-state index contributed by atoms with van der Waals surface area (Å²) in [5.74, 6) is 0.551. The topological polar surface area (TPSA) is 46.5 Å². The highest BCUT2D eigenvalue weighted by atomic mass is 35.5. The molecule has 0 heterocycles. The fraction of sp³-hybridized carbons (Fsp3) is 0.462. The first-order chi connectivity index (χ1) is 8.15. The molecule has 0 amide bonds. The summed E-state index contributed by atoms with van der Waals surface area (Å²) in [6.07, 6.45) is 3.10. The predicted octanol–water partition coefficient (Wildman–Crippen LogP) is 3.15. The fourth-order valence-corrected chi connectivity index (χ4v) is 1.73. The molecule has 0 saturated heterocycles. The minimum Gasteiger partial charge on any atom is -0.492 e. The molecule has 0 spiro atoms. The number of aliphatic carboxylic acids is 1. The normalized spacial score (nSPS) is 14.6. The van der Waals surface area contributed by atoms with Crippen LogP contribution in [0.2, 0.25) is 5.02 Å². The highest BCUT2D eigenvalue weighted by Crippen LogP contribution is 2.32. The van der Waals surface area contributed by atoms with E-state index in [1.54, 1.807) is 6.07 Å². The Bertz CT molecular complexity index is 413. The molecule has 1 N–H and O–H groups in total. The first kappa shape index (κ1) is 12.2. The molecular weight excluding hydrogens is 240 g/mol. The van der Waals surface area contributed by atoms with Crippen LogP contribution in [-0.4, -0.2) is 17.7 Å². The molecular formula is C13H15ClO3. The second-order valence-electron chi connectivity index (χ2n) is 4.41. The first-order valence-corrected chi connectivity index (χ1v) is 6.16. The van der Waals surface area contributed by atoms with Crippen molar-refractivity contribution in [3.05, 3.63) is 28.8 Å². The Hall–Kier alpha value is -1.22. The van der Waals surface area contributed by atoms with Crippen LogP contribution in [0.25, 0.3) is 0 Å². The Balaban J connectivity index is 1.97. The van der Waals surface area contributed by atoms with Crippen molar-refractivity contribution in [1.82, 2.24) is 0 Å². The van der Waals surface area contributed by atoms with Gasteiger partial charge in [-0.15, -0.1) is 0 Å². The van der Waals surface area contributed by atoms with E-state index in [0.717, 1.165) is 5.56 Å². The van der Waals surface area contributed by atoms with E-state index in [2.05, 4.69) is 0 Å². The number of hydrogen-bond donors (Lipinski definition) is 1. The number of carbonyl (C=O) groups is 1. The number of carboxylic acid groups (broad SMARTS) is 1. The maximum absolute atomic E-state index is 10.5. The summed E-state index contributed by atoms with van der Waals surface area (Å²) in [5.41, 5.74) is 0.947. The van der Waals surface area contributed by atoms with Gasteiger partial charge in [0.1, 0.15) is 5.75 Å². The molecule has 4 heteroatoms. The maximum Gasteiger partial charge on any atom is 0.303 e. The number of benzene rings is 1. The van der Waals surface area contributed by atoms with Gasteiger partial charge in [0.25, 0.3) is 0 Å². The zero-order valence-corrected chi connectivity index (χ0v) is 10.2. The quantitative estimate of drug-likeness (QED) is 0.848. The molecule has 2 rings (SSSR count). The second-order valence-corrected chi connectivity index (χ2v) is 4.82. The number of hydrogen-bond acceptors (Lipinski definition) is 2. The average molecular weight is 255 g/mol. The van der Waals surface area contributed by atoms with Crippen LogP contribution in [0.3, 0.4) is 0 Å². The van der Waals surface area contributed by atoms with Crippen molar-refractivity contribution in [1.29, 1.82) is 0 Å². The van der Waals surface area contributed by atoms with Crippen molar-refractivity contribution in [3.8, 4) is 5.75 Å². The van der Waals surface area contributed by atoms with Crippen molar-refractivity contribution in [2.45, 2.75) is 25.7 Å². The lowest BCUT2D eigenvalue weighted by molar-refractivity contribution is -0.136. The molecule has 0 unspecified atom stereocenters. The van der Waals surface area contributed by atoms with E-state index < -0.39 is 5.97 Å². The number of aryl methyl sites for hydroxylation is 1. The highest BCUT2D eigenvalue weighted by Gasteiger charge is 2.22. The monoisotopic (exact) mass is 254 g/mol. The highest BCUT2D eigenvalue weighted by molar-refractivity contribution is 6.32. The number of carboxylic acids is 1. The van der Waals surface area contributed by atoms with E-state index in [-0.39, 0.29) is 6.42 Å². The SMILES string of the molecule is O=C(O)CCc1ccc(Cl)c(OCC2CC2)c1. The molecule has 1 saturated carbocycles. The van der Waals surface area contributed by atoms with Gasteiger partial charge in [-0.3, -0.25) is 4.79 Å². The third-order valence-electron chi connectivity index (χ3n) is 2.79. The predicted molar refractivity (Wildman–Crippen MR) is 65.6 cm³/mol. The fourth-order valence-electron chi connectivity index (χ4n) is 1.56. The van der Waals surface area contributed by atoms with E-state index in [1.807, 2.05) is 12.1 Å². The molecule has 1 aliphatic rings. The number of ether oxygens (including phenoxy) is 1. The Labute approximate surface area is 105 Å². The van der Waals surface area contributed by atoms with Crippen molar-refractivity contribution < 1.29 is 14.6 Å². The van der Waals surface area contributed by atoms with Crippen LogP contribution < -0.4 is 4.74 Å². The minimum atomic E-state index is -0.791. The number of halogens is 1. The molecule has 0 radical (unpaired) electrons. The Morgan fingerprint density at radius 2 is 2.24 bits per heavy atom. The van der Waals surface area contributed by atoms with Crippen LogP contribution in [0.15, 0.2) is 18.2 Å².